The summed E-state index contributed by atoms with van der Waals surface area (Å²) >= 11 is 0. The summed E-state index contributed by atoms with van der Waals surface area (Å²) in [4.78, 5) is 43.1. The molecule has 0 saturated carbocycles. The molecule has 0 fully saturated rings. The Balaban J connectivity index is -0.0000000267. The Morgan fingerprint density at radius 2 is 0.727 bits per heavy atom. The van der Waals surface area contributed by atoms with E-state index in [1.807, 2.05) is 0 Å². The molecule has 0 bridgehead atoms. The maximum absolute atomic E-state index is 8.88. The van der Waals surface area contributed by atoms with Crippen LogP contribution >= 0.6 is 15.6 Å². The number of hydrogen-bond donors (Lipinski definition) is 6. The van der Waals surface area contributed by atoms with Crippen molar-refractivity contribution in [1.29, 1.82) is 0 Å². The van der Waals surface area contributed by atoms with E-state index < -0.39 is 15.6 Å². The van der Waals surface area contributed by atoms with Gasteiger partial charge < -0.3 is 29.4 Å². The molecule has 0 aliphatic carbocycles. The van der Waals surface area contributed by atoms with Gasteiger partial charge in [-0.15, -0.1) is 0 Å². The first-order valence-electron chi connectivity index (χ1n) is 1.57. The van der Waals surface area contributed by atoms with Crippen LogP contribution in [0.4, 0.5) is 0 Å². The van der Waals surface area contributed by atoms with Gasteiger partial charge in [-0.2, -0.15) is 0 Å². The molecule has 0 aliphatic heterocycles. The van der Waals surface area contributed by atoms with Crippen LogP contribution in [0.25, 0.3) is 0 Å². The van der Waals surface area contributed by atoms with Gasteiger partial charge in [-0.25, -0.2) is 9.13 Å². The Hall–Kier alpha value is 1.22. The topological polar surface area (TPSA) is 156 Å². The van der Waals surface area contributed by atoms with E-state index in [1.54, 1.807) is 0 Å². The normalized spacial score (nSPS) is 10.7. The fraction of sp³-hybridized carbons (Fsp3) is 0. The van der Waals surface area contributed by atoms with E-state index in [9.17, 15) is 0 Å². The third-order valence-corrected chi connectivity index (χ3v) is 0. The van der Waals surface area contributed by atoms with Crippen LogP contribution in [0, 0.1) is 0 Å². The SMILES string of the molecule is O=P(O)(O)O.O=P(O)(O)O.[H+].[H+].[NaH]. The summed E-state index contributed by atoms with van der Waals surface area (Å²) in [6.45, 7) is 0. The molecule has 66 valence electrons. The predicted molar refractivity (Wildman–Crippen MR) is 37.9 cm³/mol. The van der Waals surface area contributed by atoms with Crippen LogP contribution in [-0.4, -0.2) is 58.9 Å². The van der Waals surface area contributed by atoms with Gasteiger partial charge in [0, 0.05) is 0 Å². The summed E-state index contributed by atoms with van der Waals surface area (Å²) in [6, 6.07) is 0. The van der Waals surface area contributed by atoms with Crippen LogP contribution in [0.1, 0.15) is 2.85 Å². The molecule has 0 heterocycles. The van der Waals surface area contributed by atoms with Crippen molar-refractivity contribution in [3.8, 4) is 0 Å². The van der Waals surface area contributed by atoms with Crippen molar-refractivity contribution in [3.63, 3.8) is 0 Å². The zero-order valence-corrected chi connectivity index (χ0v) is 6.18. The molecule has 0 aromatic rings. The van der Waals surface area contributed by atoms with Crippen molar-refractivity contribution in [3.05, 3.63) is 0 Å². The molecule has 0 radical (unpaired) electrons. The summed E-state index contributed by atoms with van der Waals surface area (Å²) in [6.07, 6.45) is 0. The molecule has 0 atom stereocenters. The first kappa shape index (κ1) is 18.1. The second-order valence-corrected chi connectivity index (χ2v) is 3.08. The molecule has 0 amide bonds. The summed E-state index contributed by atoms with van der Waals surface area (Å²) in [5.74, 6) is 0. The molecule has 0 aromatic heterocycles. The minimum absolute atomic E-state index is 0. The van der Waals surface area contributed by atoms with Crippen molar-refractivity contribution in [1.82, 2.24) is 0 Å². The molecule has 0 unspecified atom stereocenters. The van der Waals surface area contributed by atoms with Crippen LogP contribution in [0.3, 0.4) is 0 Å². The van der Waals surface area contributed by atoms with Crippen molar-refractivity contribution >= 4 is 45.2 Å². The molecule has 0 aliphatic rings. The maximum atomic E-state index is 8.88. The van der Waals surface area contributed by atoms with Crippen molar-refractivity contribution < 1.29 is 41.3 Å². The summed E-state index contributed by atoms with van der Waals surface area (Å²) in [7, 11) is -9.28. The molecule has 0 saturated heterocycles. The Labute approximate surface area is 86.6 Å². The van der Waals surface area contributed by atoms with Crippen LogP contribution < -0.4 is 0 Å². The summed E-state index contributed by atoms with van der Waals surface area (Å²) in [5, 5.41) is 0. The zero-order chi connectivity index (χ0) is 9.00. The quantitative estimate of drug-likeness (QED) is 0.198. The van der Waals surface area contributed by atoms with Gasteiger partial charge in [-0.3, -0.25) is 0 Å². The van der Waals surface area contributed by atoms with Crippen LogP contribution in [0.2, 0.25) is 0 Å². The standard InChI is InChI=1S/Na.2H3O4P.H/c;2*1-5(2,3)4;/h;2*(H3,1,2,3,4);/p+2. The van der Waals surface area contributed by atoms with E-state index in [1.165, 1.54) is 0 Å². The summed E-state index contributed by atoms with van der Waals surface area (Å²) in [5.41, 5.74) is 0. The van der Waals surface area contributed by atoms with Gasteiger partial charge in [-0.1, -0.05) is 0 Å². The fourth-order valence-electron chi connectivity index (χ4n) is 0. The zero-order valence-electron chi connectivity index (χ0n) is 6.39. The summed E-state index contributed by atoms with van der Waals surface area (Å²) < 4.78 is 17.8. The molecule has 8 nitrogen and oxygen atoms in total. The second kappa shape index (κ2) is 6.71. The third-order valence-electron chi connectivity index (χ3n) is 0. The average Bonchev–Trinajstić information content (AvgIpc) is 1.12. The Morgan fingerprint density at radius 1 is 0.727 bits per heavy atom. The van der Waals surface area contributed by atoms with Gasteiger partial charge in [0.1, 0.15) is 0 Å². The predicted octanol–water partition coefficient (Wildman–Crippen LogP) is -2.28. The minimum atomic E-state index is -4.64. The first-order chi connectivity index (χ1) is 4.00. The number of phosphoric acid groups is 2. The van der Waals surface area contributed by atoms with Gasteiger partial charge in [0.05, 0.1) is 0 Å². The van der Waals surface area contributed by atoms with E-state index in [0.717, 1.165) is 0 Å². The molecular weight excluding hydrogens is 213 g/mol. The van der Waals surface area contributed by atoms with Crippen LogP contribution in [-0.2, 0) is 9.13 Å². The van der Waals surface area contributed by atoms with Crippen molar-refractivity contribution in [2.75, 3.05) is 0 Å². The van der Waals surface area contributed by atoms with E-state index in [0.29, 0.717) is 0 Å². The monoisotopic (exact) mass is 222 g/mol. The van der Waals surface area contributed by atoms with Gasteiger partial charge >= 0.3 is 48.1 Å². The van der Waals surface area contributed by atoms with Gasteiger partial charge in [0.2, 0.25) is 0 Å². The molecule has 11 heavy (non-hydrogen) atoms. The Kier molecular flexibility index (Phi) is 11.0. The van der Waals surface area contributed by atoms with E-state index in [-0.39, 0.29) is 32.4 Å². The number of hydrogen-bond acceptors (Lipinski definition) is 2. The molecule has 11 heteroatoms. The molecule has 0 spiro atoms. The fourth-order valence-corrected chi connectivity index (χ4v) is 0. The van der Waals surface area contributed by atoms with Gasteiger partial charge in [0.15, 0.2) is 0 Å². The average molecular weight is 222 g/mol. The van der Waals surface area contributed by atoms with Crippen molar-refractivity contribution in [2.24, 2.45) is 0 Å². The third kappa shape index (κ3) is 641. The molecule has 0 rings (SSSR count). The molecule has 0 aromatic carbocycles. The van der Waals surface area contributed by atoms with Gasteiger partial charge in [-0.05, 0) is 0 Å². The van der Waals surface area contributed by atoms with Crippen molar-refractivity contribution in [2.45, 2.75) is 0 Å². The molecule has 6 N–H and O–H groups in total. The Bertz CT molecular complexity index is 132. The number of rotatable bonds is 0. The Morgan fingerprint density at radius 3 is 0.727 bits per heavy atom. The van der Waals surface area contributed by atoms with E-state index >= 15 is 0 Å². The van der Waals surface area contributed by atoms with Crippen LogP contribution in [0.15, 0.2) is 0 Å². The van der Waals surface area contributed by atoms with E-state index in [2.05, 4.69) is 0 Å². The molecular formula is H9NaO8P2+2. The van der Waals surface area contributed by atoms with E-state index in [4.69, 9.17) is 38.5 Å². The second-order valence-electron chi connectivity index (χ2n) is 1.03. The van der Waals surface area contributed by atoms with Gasteiger partial charge in [0.25, 0.3) is 0 Å². The first-order valence-corrected chi connectivity index (χ1v) is 4.70. The van der Waals surface area contributed by atoms with Crippen LogP contribution in [0.5, 0.6) is 0 Å².